The van der Waals surface area contributed by atoms with E-state index in [-0.39, 0.29) is 12.3 Å². The molecule has 0 saturated heterocycles. The Bertz CT molecular complexity index is 863. The second kappa shape index (κ2) is 7.53. The van der Waals surface area contributed by atoms with Gasteiger partial charge in [-0.1, -0.05) is 35.9 Å². The van der Waals surface area contributed by atoms with Crippen LogP contribution in [-0.4, -0.2) is 16.1 Å². The lowest BCUT2D eigenvalue weighted by molar-refractivity contribution is -0.115. The van der Waals surface area contributed by atoms with Crippen molar-refractivity contribution in [3.8, 4) is 0 Å². The molecule has 1 amide bonds. The lowest BCUT2D eigenvalue weighted by atomic mass is 10.1. The van der Waals surface area contributed by atoms with E-state index in [9.17, 15) is 9.18 Å². The van der Waals surface area contributed by atoms with E-state index in [0.29, 0.717) is 17.2 Å². The molecule has 3 aromatic rings. The number of anilines is 3. The average Bonchev–Trinajstić information content (AvgIpc) is 2.61. The van der Waals surface area contributed by atoms with E-state index < -0.39 is 5.82 Å². The minimum absolute atomic E-state index is 0.0578. The maximum Gasteiger partial charge on any atom is 0.230 e. The average molecular weight is 336 g/mol. The molecule has 0 spiro atoms. The highest BCUT2D eigenvalue weighted by Gasteiger charge is 2.09. The van der Waals surface area contributed by atoms with Crippen LogP contribution in [0.5, 0.6) is 0 Å². The van der Waals surface area contributed by atoms with Gasteiger partial charge >= 0.3 is 0 Å². The van der Waals surface area contributed by atoms with Crippen molar-refractivity contribution in [3.05, 3.63) is 77.6 Å². The molecule has 0 radical (unpaired) electrons. The molecule has 0 unspecified atom stereocenters. The van der Waals surface area contributed by atoms with E-state index >= 15 is 0 Å². The summed E-state index contributed by atoms with van der Waals surface area (Å²) in [5, 5.41) is 13.7. The predicted octanol–water partition coefficient (Wildman–Crippen LogP) is 3.85. The van der Waals surface area contributed by atoms with Crippen LogP contribution in [0.15, 0.2) is 60.7 Å². The smallest absolute Gasteiger partial charge is 0.230 e. The van der Waals surface area contributed by atoms with Crippen LogP contribution in [0.2, 0.25) is 0 Å². The lowest BCUT2D eigenvalue weighted by Crippen LogP contribution is -2.16. The maximum atomic E-state index is 13.6. The molecule has 0 fully saturated rings. The summed E-state index contributed by atoms with van der Waals surface area (Å²) in [6.07, 6.45) is -0.0578. The summed E-state index contributed by atoms with van der Waals surface area (Å²) >= 11 is 0. The highest BCUT2D eigenvalue weighted by atomic mass is 19.1. The summed E-state index contributed by atoms with van der Waals surface area (Å²) in [5.41, 5.74) is 2.41. The molecule has 0 aliphatic rings. The van der Waals surface area contributed by atoms with Gasteiger partial charge in [0.25, 0.3) is 0 Å². The molecule has 2 aromatic carbocycles. The minimum atomic E-state index is -0.402. The van der Waals surface area contributed by atoms with Crippen LogP contribution in [0.3, 0.4) is 0 Å². The largest absolute Gasteiger partial charge is 0.339 e. The van der Waals surface area contributed by atoms with Gasteiger partial charge in [0.05, 0.1) is 6.42 Å². The van der Waals surface area contributed by atoms with Crippen molar-refractivity contribution in [2.24, 2.45) is 0 Å². The van der Waals surface area contributed by atoms with E-state index in [1.54, 1.807) is 30.3 Å². The molecule has 5 nitrogen and oxygen atoms in total. The summed E-state index contributed by atoms with van der Waals surface area (Å²) in [6.45, 7) is 2.02. The zero-order valence-corrected chi connectivity index (χ0v) is 13.7. The van der Waals surface area contributed by atoms with Crippen molar-refractivity contribution in [1.82, 2.24) is 10.2 Å². The van der Waals surface area contributed by atoms with Crippen molar-refractivity contribution in [2.45, 2.75) is 13.3 Å². The molecule has 3 rings (SSSR count). The van der Waals surface area contributed by atoms with Gasteiger partial charge in [-0.25, -0.2) is 4.39 Å². The second-order valence-corrected chi connectivity index (χ2v) is 5.61. The van der Waals surface area contributed by atoms with Gasteiger partial charge in [0, 0.05) is 5.69 Å². The molecule has 0 aliphatic carbocycles. The third-order valence-electron chi connectivity index (χ3n) is 3.56. The van der Waals surface area contributed by atoms with Crippen LogP contribution in [0.1, 0.15) is 11.1 Å². The molecule has 1 heterocycles. The predicted molar refractivity (Wildman–Crippen MR) is 95.2 cm³/mol. The standard InChI is InChI=1S/C19H17FN4O/c1-13-6-8-15(9-7-13)21-17-10-11-18(24-23-17)22-19(25)12-14-4-2-3-5-16(14)20/h2-11H,12H2,1H3,(H,21,23)(H,22,24,25). The third-order valence-corrected chi connectivity index (χ3v) is 3.56. The van der Waals surface area contributed by atoms with Crippen molar-refractivity contribution in [1.29, 1.82) is 0 Å². The zero-order chi connectivity index (χ0) is 17.6. The number of nitrogens with one attached hydrogen (secondary N) is 2. The van der Waals surface area contributed by atoms with Gasteiger partial charge in [-0.3, -0.25) is 4.79 Å². The van der Waals surface area contributed by atoms with Crippen LogP contribution in [0.4, 0.5) is 21.7 Å². The number of amides is 1. The molecule has 1 aromatic heterocycles. The van der Waals surface area contributed by atoms with Gasteiger partial charge in [-0.15, -0.1) is 10.2 Å². The molecule has 0 bridgehead atoms. The molecule has 126 valence electrons. The van der Waals surface area contributed by atoms with Gasteiger partial charge in [0.1, 0.15) is 5.82 Å². The van der Waals surface area contributed by atoms with E-state index in [1.807, 2.05) is 31.2 Å². The van der Waals surface area contributed by atoms with Gasteiger partial charge in [-0.2, -0.15) is 0 Å². The Hall–Kier alpha value is -3.28. The monoisotopic (exact) mass is 336 g/mol. The van der Waals surface area contributed by atoms with E-state index in [0.717, 1.165) is 5.69 Å². The molecule has 25 heavy (non-hydrogen) atoms. The van der Waals surface area contributed by atoms with Crippen molar-refractivity contribution in [2.75, 3.05) is 10.6 Å². The van der Waals surface area contributed by atoms with Gasteiger partial charge in [0.15, 0.2) is 11.6 Å². The van der Waals surface area contributed by atoms with Gasteiger partial charge < -0.3 is 10.6 Å². The van der Waals surface area contributed by atoms with Crippen LogP contribution in [0, 0.1) is 12.7 Å². The first-order valence-corrected chi connectivity index (χ1v) is 7.81. The van der Waals surface area contributed by atoms with Crippen molar-refractivity contribution < 1.29 is 9.18 Å². The fraction of sp³-hybridized carbons (Fsp3) is 0.105. The summed E-state index contributed by atoms with van der Waals surface area (Å²) in [4.78, 5) is 12.0. The number of aromatic nitrogens is 2. The Balaban J connectivity index is 1.59. The topological polar surface area (TPSA) is 66.9 Å². The molecule has 2 N–H and O–H groups in total. The lowest BCUT2D eigenvalue weighted by Gasteiger charge is -2.07. The number of aryl methyl sites for hydroxylation is 1. The highest BCUT2D eigenvalue weighted by Crippen LogP contribution is 2.15. The molecule has 0 aliphatic heterocycles. The first kappa shape index (κ1) is 16.6. The fourth-order valence-electron chi connectivity index (χ4n) is 2.25. The molecular formula is C19H17FN4O. The Kier molecular flexibility index (Phi) is 4.99. The number of carbonyl (C=O) groups excluding carboxylic acids is 1. The normalized spacial score (nSPS) is 10.3. The molecule has 0 saturated carbocycles. The number of benzene rings is 2. The summed E-state index contributed by atoms with van der Waals surface area (Å²) in [5.74, 6) is 0.131. The Morgan fingerprint density at radius 3 is 2.32 bits per heavy atom. The first-order chi connectivity index (χ1) is 12.1. The fourth-order valence-corrected chi connectivity index (χ4v) is 2.25. The van der Waals surface area contributed by atoms with E-state index in [1.165, 1.54) is 11.6 Å². The zero-order valence-electron chi connectivity index (χ0n) is 13.7. The number of hydrogen-bond acceptors (Lipinski definition) is 4. The number of carbonyl (C=O) groups is 1. The summed E-state index contributed by atoms with van der Waals surface area (Å²) < 4.78 is 13.6. The SMILES string of the molecule is Cc1ccc(Nc2ccc(NC(=O)Cc3ccccc3F)nn2)cc1. The molecular weight excluding hydrogens is 319 g/mol. The van der Waals surface area contributed by atoms with Gasteiger partial charge in [0.2, 0.25) is 5.91 Å². The van der Waals surface area contributed by atoms with Crippen LogP contribution < -0.4 is 10.6 Å². The highest BCUT2D eigenvalue weighted by molar-refractivity contribution is 5.91. The third kappa shape index (κ3) is 4.60. The Morgan fingerprint density at radius 2 is 1.64 bits per heavy atom. The maximum absolute atomic E-state index is 13.6. The van der Waals surface area contributed by atoms with E-state index in [2.05, 4.69) is 20.8 Å². The van der Waals surface area contributed by atoms with Crippen molar-refractivity contribution in [3.63, 3.8) is 0 Å². The Morgan fingerprint density at radius 1 is 0.960 bits per heavy atom. The second-order valence-electron chi connectivity index (χ2n) is 5.61. The summed E-state index contributed by atoms with van der Waals surface area (Å²) in [7, 11) is 0. The van der Waals surface area contributed by atoms with Crippen LogP contribution >= 0.6 is 0 Å². The quantitative estimate of drug-likeness (QED) is 0.743. The Labute approximate surface area is 144 Å². The molecule has 0 atom stereocenters. The number of rotatable bonds is 5. The van der Waals surface area contributed by atoms with Gasteiger partial charge in [-0.05, 0) is 42.8 Å². The van der Waals surface area contributed by atoms with Crippen molar-refractivity contribution >= 4 is 23.2 Å². The summed E-state index contributed by atoms with van der Waals surface area (Å²) in [6, 6.07) is 17.4. The number of halogens is 1. The number of hydrogen-bond donors (Lipinski definition) is 2. The minimum Gasteiger partial charge on any atom is -0.339 e. The van der Waals surface area contributed by atoms with Crippen LogP contribution in [-0.2, 0) is 11.2 Å². The van der Waals surface area contributed by atoms with E-state index in [4.69, 9.17) is 0 Å². The molecule has 6 heteroatoms. The number of nitrogens with zero attached hydrogens (tertiary/aromatic N) is 2. The van der Waals surface area contributed by atoms with Crippen LogP contribution in [0.25, 0.3) is 0 Å². The first-order valence-electron chi connectivity index (χ1n) is 7.81.